The maximum atomic E-state index is 13.0. The molecule has 1 saturated carbocycles. The number of imide groups is 1. The summed E-state index contributed by atoms with van der Waals surface area (Å²) in [4.78, 5) is 38.0. The highest BCUT2D eigenvalue weighted by Crippen LogP contribution is 2.29. The van der Waals surface area contributed by atoms with Gasteiger partial charge < -0.3 is 15.5 Å². The van der Waals surface area contributed by atoms with Gasteiger partial charge in [0.05, 0.1) is 0 Å². The van der Waals surface area contributed by atoms with Crippen molar-refractivity contribution in [3.8, 4) is 0 Å². The van der Waals surface area contributed by atoms with Crippen molar-refractivity contribution in [1.29, 1.82) is 0 Å². The SMILES string of the molecule is O=C1CCC(N2Cc3cccc(CNCCNC4CC4)c3C2=O)C(=O)N1. The molecule has 0 bridgehead atoms. The molecule has 3 N–H and O–H groups in total. The number of rotatable bonds is 7. The Kier molecular flexibility index (Phi) is 4.74. The van der Waals surface area contributed by atoms with E-state index in [0.717, 1.165) is 24.2 Å². The van der Waals surface area contributed by atoms with Crippen LogP contribution in [-0.2, 0) is 22.7 Å². The van der Waals surface area contributed by atoms with E-state index in [9.17, 15) is 14.4 Å². The Morgan fingerprint density at radius 3 is 2.73 bits per heavy atom. The molecule has 2 fully saturated rings. The third kappa shape index (κ3) is 3.50. The molecule has 2 aliphatic heterocycles. The first-order valence-electron chi connectivity index (χ1n) is 9.33. The molecule has 3 amide bonds. The quantitative estimate of drug-likeness (QED) is 0.483. The van der Waals surface area contributed by atoms with Crippen molar-refractivity contribution < 1.29 is 14.4 Å². The minimum Gasteiger partial charge on any atom is -0.322 e. The van der Waals surface area contributed by atoms with Gasteiger partial charge in [-0.05, 0) is 30.4 Å². The predicted molar refractivity (Wildman–Crippen MR) is 95.2 cm³/mol. The van der Waals surface area contributed by atoms with Crippen molar-refractivity contribution >= 4 is 17.7 Å². The Balaban J connectivity index is 1.40. The molecule has 7 nitrogen and oxygen atoms in total. The van der Waals surface area contributed by atoms with Crippen molar-refractivity contribution in [2.45, 2.75) is 50.9 Å². The molecule has 0 spiro atoms. The number of hydrogen-bond acceptors (Lipinski definition) is 5. The van der Waals surface area contributed by atoms with Crippen LogP contribution in [0.1, 0.15) is 47.2 Å². The van der Waals surface area contributed by atoms with Crippen LogP contribution in [0.3, 0.4) is 0 Å². The second kappa shape index (κ2) is 7.17. The summed E-state index contributed by atoms with van der Waals surface area (Å²) in [7, 11) is 0. The molecule has 1 saturated heterocycles. The summed E-state index contributed by atoms with van der Waals surface area (Å²) in [5.41, 5.74) is 2.63. The van der Waals surface area contributed by atoms with E-state index in [4.69, 9.17) is 0 Å². The molecule has 7 heteroatoms. The molecule has 2 heterocycles. The molecule has 1 aromatic carbocycles. The molecule has 1 aliphatic carbocycles. The molecule has 1 unspecified atom stereocenters. The molecule has 3 aliphatic rings. The van der Waals surface area contributed by atoms with Crippen LogP contribution < -0.4 is 16.0 Å². The van der Waals surface area contributed by atoms with Gasteiger partial charge in [-0.25, -0.2) is 0 Å². The highest BCUT2D eigenvalue weighted by Gasteiger charge is 2.39. The fraction of sp³-hybridized carbons (Fsp3) is 0.526. The predicted octanol–water partition coefficient (Wildman–Crippen LogP) is 0.289. The summed E-state index contributed by atoms with van der Waals surface area (Å²) in [6, 6.07) is 6.00. The zero-order chi connectivity index (χ0) is 18.1. The smallest absolute Gasteiger partial charge is 0.255 e. The van der Waals surface area contributed by atoms with Gasteiger partial charge in [0.25, 0.3) is 5.91 Å². The molecule has 4 rings (SSSR count). The minimum atomic E-state index is -0.559. The van der Waals surface area contributed by atoms with E-state index in [1.54, 1.807) is 4.90 Å². The number of carbonyl (C=O) groups is 3. The van der Waals surface area contributed by atoms with Crippen molar-refractivity contribution in [2.75, 3.05) is 13.1 Å². The lowest BCUT2D eigenvalue weighted by Crippen LogP contribution is -2.52. The monoisotopic (exact) mass is 356 g/mol. The lowest BCUT2D eigenvalue weighted by molar-refractivity contribution is -0.136. The highest BCUT2D eigenvalue weighted by molar-refractivity contribution is 6.05. The first-order chi connectivity index (χ1) is 12.6. The zero-order valence-electron chi connectivity index (χ0n) is 14.7. The van der Waals surface area contributed by atoms with E-state index in [1.165, 1.54) is 12.8 Å². The zero-order valence-corrected chi connectivity index (χ0v) is 14.7. The van der Waals surface area contributed by atoms with E-state index in [0.29, 0.717) is 31.1 Å². The summed E-state index contributed by atoms with van der Waals surface area (Å²) in [5, 5.41) is 9.18. The largest absolute Gasteiger partial charge is 0.322 e. The van der Waals surface area contributed by atoms with Crippen LogP contribution in [0.4, 0.5) is 0 Å². The van der Waals surface area contributed by atoms with Crippen LogP contribution in [0.5, 0.6) is 0 Å². The number of carbonyl (C=O) groups excluding carboxylic acids is 3. The normalized spacial score (nSPS) is 22.5. The van der Waals surface area contributed by atoms with Gasteiger partial charge >= 0.3 is 0 Å². The number of piperidine rings is 1. The van der Waals surface area contributed by atoms with Gasteiger partial charge in [-0.2, -0.15) is 0 Å². The number of benzene rings is 1. The van der Waals surface area contributed by atoms with Gasteiger partial charge in [-0.3, -0.25) is 19.7 Å². The Morgan fingerprint density at radius 2 is 1.96 bits per heavy atom. The Labute approximate surface area is 152 Å². The third-order valence-electron chi connectivity index (χ3n) is 5.27. The van der Waals surface area contributed by atoms with Gasteiger partial charge in [-0.15, -0.1) is 0 Å². The highest BCUT2D eigenvalue weighted by atomic mass is 16.2. The standard InChI is InChI=1S/C19H24N4O3/c24-16-7-6-15(18(25)22-16)23-11-13-3-1-2-12(17(13)19(23)26)10-20-8-9-21-14-4-5-14/h1-3,14-15,20-21H,4-11H2,(H,22,24,25). The van der Waals surface area contributed by atoms with Crippen molar-refractivity contribution in [1.82, 2.24) is 20.9 Å². The number of nitrogens with one attached hydrogen (secondary N) is 3. The first kappa shape index (κ1) is 17.2. The maximum Gasteiger partial charge on any atom is 0.255 e. The molecular formula is C19H24N4O3. The molecular weight excluding hydrogens is 332 g/mol. The Morgan fingerprint density at radius 1 is 1.12 bits per heavy atom. The van der Waals surface area contributed by atoms with Gasteiger partial charge in [0.15, 0.2) is 0 Å². The number of nitrogens with zero attached hydrogens (tertiary/aromatic N) is 1. The molecule has 0 aromatic heterocycles. The average Bonchev–Trinajstić information content (AvgIpc) is 3.38. The summed E-state index contributed by atoms with van der Waals surface area (Å²) in [5.74, 6) is -0.739. The second-order valence-corrected chi connectivity index (χ2v) is 7.26. The van der Waals surface area contributed by atoms with Crippen LogP contribution in [0.2, 0.25) is 0 Å². The van der Waals surface area contributed by atoms with E-state index in [1.807, 2.05) is 18.2 Å². The number of hydrogen-bond donors (Lipinski definition) is 3. The van der Waals surface area contributed by atoms with Crippen LogP contribution in [0, 0.1) is 0 Å². The van der Waals surface area contributed by atoms with Gasteiger partial charge in [-0.1, -0.05) is 18.2 Å². The van der Waals surface area contributed by atoms with E-state index >= 15 is 0 Å². The third-order valence-corrected chi connectivity index (χ3v) is 5.27. The van der Waals surface area contributed by atoms with Gasteiger partial charge in [0.2, 0.25) is 11.8 Å². The van der Waals surface area contributed by atoms with Gasteiger partial charge in [0, 0.05) is 44.2 Å². The van der Waals surface area contributed by atoms with Gasteiger partial charge in [0.1, 0.15) is 6.04 Å². The molecule has 0 radical (unpaired) electrons. The van der Waals surface area contributed by atoms with E-state index in [2.05, 4.69) is 16.0 Å². The van der Waals surface area contributed by atoms with Crippen molar-refractivity contribution in [2.24, 2.45) is 0 Å². The molecule has 26 heavy (non-hydrogen) atoms. The van der Waals surface area contributed by atoms with Crippen LogP contribution >= 0.6 is 0 Å². The van der Waals surface area contributed by atoms with Crippen molar-refractivity contribution in [3.63, 3.8) is 0 Å². The summed E-state index contributed by atoms with van der Waals surface area (Å²) in [6.07, 6.45) is 3.22. The lowest BCUT2D eigenvalue weighted by Gasteiger charge is -2.29. The van der Waals surface area contributed by atoms with E-state index in [-0.39, 0.29) is 24.1 Å². The molecule has 1 aromatic rings. The number of amides is 3. The van der Waals surface area contributed by atoms with E-state index < -0.39 is 6.04 Å². The fourth-order valence-electron chi connectivity index (χ4n) is 3.71. The Hall–Kier alpha value is -2.25. The number of fused-ring (bicyclic) bond motifs is 1. The minimum absolute atomic E-state index is 0.108. The first-order valence-corrected chi connectivity index (χ1v) is 9.33. The van der Waals surface area contributed by atoms with Crippen LogP contribution in [-0.4, -0.2) is 47.8 Å². The maximum absolute atomic E-state index is 13.0. The van der Waals surface area contributed by atoms with Crippen LogP contribution in [0.15, 0.2) is 18.2 Å². The summed E-state index contributed by atoms with van der Waals surface area (Å²) >= 11 is 0. The summed E-state index contributed by atoms with van der Waals surface area (Å²) < 4.78 is 0. The average molecular weight is 356 g/mol. The van der Waals surface area contributed by atoms with Crippen LogP contribution in [0.25, 0.3) is 0 Å². The lowest BCUT2D eigenvalue weighted by atomic mass is 10.0. The molecule has 1 atom stereocenters. The fourth-order valence-corrected chi connectivity index (χ4v) is 3.71. The van der Waals surface area contributed by atoms with Crippen molar-refractivity contribution in [3.05, 3.63) is 34.9 Å². The molecule has 138 valence electrons. The summed E-state index contributed by atoms with van der Waals surface area (Å²) in [6.45, 7) is 2.84. The topological polar surface area (TPSA) is 90.5 Å². The Bertz CT molecular complexity index is 744. The second-order valence-electron chi connectivity index (χ2n) is 7.26.